The molecule has 7 nitrogen and oxygen atoms in total. The zero-order chi connectivity index (χ0) is 26.0. The van der Waals surface area contributed by atoms with Crippen LogP contribution in [0.1, 0.15) is 17.0 Å². The molecule has 0 saturated carbocycles. The number of carbonyl (C=O) groups is 1. The third kappa shape index (κ3) is 4.72. The second-order valence-electron chi connectivity index (χ2n) is 7.84. The minimum absolute atomic E-state index is 0.0107. The predicted octanol–water partition coefficient (Wildman–Crippen LogP) is 5.31. The SMILES string of the molecule is Cc1c(NC(=O)/C(C#N)=C/c2ccc(-c3cccc(C(F)(F)F)c3)o2)c(=O)n(-c2ccccc2)n1C. The number of hydrogen-bond donors (Lipinski definition) is 1. The Kier molecular flexibility index (Phi) is 6.40. The van der Waals surface area contributed by atoms with Crippen molar-refractivity contribution < 1.29 is 22.4 Å². The van der Waals surface area contributed by atoms with Gasteiger partial charge in [-0.05, 0) is 43.3 Å². The first-order chi connectivity index (χ1) is 17.1. The van der Waals surface area contributed by atoms with Gasteiger partial charge in [-0.25, -0.2) is 4.68 Å². The van der Waals surface area contributed by atoms with Crippen molar-refractivity contribution >= 4 is 17.7 Å². The van der Waals surface area contributed by atoms with Crippen molar-refractivity contribution in [3.8, 4) is 23.1 Å². The number of alkyl halides is 3. The van der Waals surface area contributed by atoms with Gasteiger partial charge in [0.2, 0.25) is 0 Å². The Labute approximate surface area is 203 Å². The van der Waals surface area contributed by atoms with Crippen LogP contribution in [0, 0.1) is 18.3 Å². The van der Waals surface area contributed by atoms with E-state index in [1.807, 2.05) is 6.07 Å². The number of halogens is 3. The van der Waals surface area contributed by atoms with Crippen molar-refractivity contribution in [2.75, 3.05) is 5.32 Å². The van der Waals surface area contributed by atoms with E-state index in [0.717, 1.165) is 18.2 Å². The summed E-state index contributed by atoms with van der Waals surface area (Å²) in [6, 6.07) is 18.1. The highest BCUT2D eigenvalue weighted by molar-refractivity contribution is 6.09. The predicted molar refractivity (Wildman–Crippen MR) is 127 cm³/mol. The monoisotopic (exact) mass is 492 g/mol. The zero-order valence-electron chi connectivity index (χ0n) is 19.1. The van der Waals surface area contributed by atoms with E-state index in [1.165, 1.54) is 28.9 Å². The van der Waals surface area contributed by atoms with Crippen LogP contribution in [0.4, 0.5) is 18.9 Å². The average molecular weight is 492 g/mol. The van der Waals surface area contributed by atoms with Gasteiger partial charge in [0.15, 0.2) is 0 Å². The van der Waals surface area contributed by atoms with Gasteiger partial charge < -0.3 is 9.73 Å². The molecule has 0 radical (unpaired) electrons. The number of para-hydroxylation sites is 1. The molecule has 1 N–H and O–H groups in total. The molecule has 0 saturated heterocycles. The quantitative estimate of drug-likeness (QED) is 0.302. The molecule has 0 unspecified atom stereocenters. The van der Waals surface area contributed by atoms with E-state index in [4.69, 9.17) is 4.42 Å². The summed E-state index contributed by atoms with van der Waals surface area (Å²) < 4.78 is 47.5. The molecular formula is C26H19F3N4O3. The average Bonchev–Trinajstić information content (AvgIpc) is 3.41. The van der Waals surface area contributed by atoms with Crippen molar-refractivity contribution in [1.29, 1.82) is 5.26 Å². The molecule has 2 aromatic carbocycles. The van der Waals surface area contributed by atoms with Gasteiger partial charge in [0.25, 0.3) is 11.5 Å². The number of furan rings is 1. The number of aromatic nitrogens is 2. The Balaban J connectivity index is 1.61. The molecule has 0 spiro atoms. The van der Waals surface area contributed by atoms with Crippen molar-refractivity contribution in [1.82, 2.24) is 9.36 Å². The minimum Gasteiger partial charge on any atom is -0.457 e. The van der Waals surface area contributed by atoms with Gasteiger partial charge in [0.05, 0.1) is 16.9 Å². The maximum atomic E-state index is 13.0. The zero-order valence-corrected chi connectivity index (χ0v) is 19.1. The molecule has 0 fully saturated rings. The molecule has 1 amide bonds. The second-order valence-corrected chi connectivity index (χ2v) is 7.84. The van der Waals surface area contributed by atoms with Crippen molar-refractivity contribution in [2.24, 2.45) is 7.05 Å². The molecule has 0 atom stereocenters. The van der Waals surface area contributed by atoms with E-state index >= 15 is 0 Å². The largest absolute Gasteiger partial charge is 0.457 e. The molecule has 182 valence electrons. The first-order valence-electron chi connectivity index (χ1n) is 10.6. The summed E-state index contributed by atoms with van der Waals surface area (Å²) in [7, 11) is 1.67. The van der Waals surface area contributed by atoms with Crippen LogP contribution in [0.2, 0.25) is 0 Å². The summed E-state index contributed by atoms with van der Waals surface area (Å²) in [5, 5.41) is 12.0. The molecule has 36 heavy (non-hydrogen) atoms. The lowest BCUT2D eigenvalue weighted by Crippen LogP contribution is -2.23. The number of nitriles is 1. The highest BCUT2D eigenvalue weighted by Crippen LogP contribution is 2.33. The summed E-state index contributed by atoms with van der Waals surface area (Å²) in [6.45, 7) is 1.65. The summed E-state index contributed by atoms with van der Waals surface area (Å²) in [5.74, 6) is -0.615. The molecule has 0 bridgehead atoms. The molecule has 0 aliphatic carbocycles. The Hall–Kier alpha value is -4.78. The van der Waals surface area contributed by atoms with Gasteiger partial charge in [0, 0.05) is 18.7 Å². The maximum absolute atomic E-state index is 13.0. The van der Waals surface area contributed by atoms with Gasteiger partial charge in [-0.15, -0.1) is 0 Å². The molecule has 2 aromatic heterocycles. The molecule has 0 aliphatic rings. The number of amides is 1. The highest BCUT2D eigenvalue weighted by Gasteiger charge is 2.30. The van der Waals surface area contributed by atoms with E-state index in [2.05, 4.69) is 5.32 Å². The number of nitrogens with zero attached hydrogens (tertiary/aromatic N) is 3. The lowest BCUT2D eigenvalue weighted by Gasteiger charge is -2.07. The van der Waals surface area contributed by atoms with E-state index in [1.54, 1.807) is 49.0 Å². The fraction of sp³-hybridized carbons (Fsp3) is 0.115. The van der Waals surface area contributed by atoms with E-state index in [-0.39, 0.29) is 28.3 Å². The van der Waals surface area contributed by atoms with Crippen LogP contribution in [0.3, 0.4) is 0 Å². The van der Waals surface area contributed by atoms with Gasteiger partial charge >= 0.3 is 6.18 Å². The minimum atomic E-state index is -4.51. The van der Waals surface area contributed by atoms with Crippen LogP contribution in [0.5, 0.6) is 0 Å². The summed E-state index contributed by atoms with van der Waals surface area (Å²) in [4.78, 5) is 25.8. The number of hydrogen-bond acceptors (Lipinski definition) is 4. The van der Waals surface area contributed by atoms with Crippen molar-refractivity contribution in [2.45, 2.75) is 13.1 Å². The molecule has 0 aliphatic heterocycles. The van der Waals surface area contributed by atoms with Crippen molar-refractivity contribution in [3.05, 3.63) is 99.7 Å². The highest BCUT2D eigenvalue weighted by atomic mass is 19.4. The lowest BCUT2D eigenvalue weighted by molar-refractivity contribution is -0.137. The smallest absolute Gasteiger partial charge is 0.416 e. The van der Waals surface area contributed by atoms with E-state index in [9.17, 15) is 28.0 Å². The van der Waals surface area contributed by atoms with Gasteiger partial charge in [-0.2, -0.15) is 18.4 Å². The standard InChI is InChI=1S/C26H19F3N4O3/c1-16-23(25(35)33(32(16)2)20-9-4-3-5-10-20)31-24(34)18(15-30)14-21-11-12-22(36-21)17-7-6-8-19(13-17)26(27,28)29/h3-14H,1-2H3,(H,31,34)/b18-14+. The second kappa shape index (κ2) is 9.46. The lowest BCUT2D eigenvalue weighted by atomic mass is 10.1. The van der Waals surface area contributed by atoms with Gasteiger partial charge in [-0.1, -0.05) is 30.3 Å². The number of carbonyl (C=O) groups excluding carboxylic acids is 1. The van der Waals surface area contributed by atoms with E-state index in [0.29, 0.717) is 11.4 Å². The first kappa shape index (κ1) is 24.3. The Morgan fingerprint density at radius 3 is 2.47 bits per heavy atom. The summed E-state index contributed by atoms with van der Waals surface area (Å²) in [6.07, 6.45) is -3.35. The molecule has 4 aromatic rings. The van der Waals surface area contributed by atoms with E-state index < -0.39 is 23.2 Å². The fourth-order valence-electron chi connectivity index (χ4n) is 3.62. The third-order valence-electron chi connectivity index (χ3n) is 5.55. The van der Waals surface area contributed by atoms with Crippen LogP contribution >= 0.6 is 0 Å². The van der Waals surface area contributed by atoms with Crippen LogP contribution in [-0.2, 0) is 18.0 Å². The topological polar surface area (TPSA) is 93.0 Å². The number of nitrogens with one attached hydrogen (secondary N) is 1. The van der Waals surface area contributed by atoms with Gasteiger partial charge in [0.1, 0.15) is 28.9 Å². The fourth-order valence-corrected chi connectivity index (χ4v) is 3.62. The molecule has 4 rings (SSSR count). The Bertz CT molecular complexity index is 1570. The number of rotatable bonds is 5. The molecule has 10 heteroatoms. The summed E-state index contributed by atoms with van der Waals surface area (Å²) in [5.41, 5.74) is -0.386. The van der Waals surface area contributed by atoms with Crippen molar-refractivity contribution in [3.63, 3.8) is 0 Å². The van der Waals surface area contributed by atoms with Crippen LogP contribution in [0.15, 0.2) is 81.5 Å². The molecule has 2 heterocycles. The van der Waals surface area contributed by atoms with Crippen LogP contribution in [-0.4, -0.2) is 15.3 Å². The van der Waals surface area contributed by atoms with Crippen LogP contribution < -0.4 is 10.9 Å². The number of benzene rings is 2. The summed E-state index contributed by atoms with van der Waals surface area (Å²) >= 11 is 0. The number of anilines is 1. The third-order valence-corrected chi connectivity index (χ3v) is 5.55. The normalized spacial score (nSPS) is 11.8. The maximum Gasteiger partial charge on any atom is 0.416 e. The Morgan fingerprint density at radius 1 is 1.08 bits per heavy atom. The first-order valence-corrected chi connectivity index (χ1v) is 10.6. The Morgan fingerprint density at radius 2 is 1.81 bits per heavy atom. The molecular weight excluding hydrogens is 473 g/mol. The van der Waals surface area contributed by atoms with Crippen LogP contribution in [0.25, 0.3) is 23.1 Å². The van der Waals surface area contributed by atoms with Gasteiger partial charge in [-0.3, -0.25) is 14.3 Å².